The zero-order valence-electron chi connectivity index (χ0n) is 26.1. The molecule has 0 aromatic heterocycles. The lowest BCUT2D eigenvalue weighted by Crippen LogP contribution is -2.38. The van der Waals surface area contributed by atoms with E-state index in [1.807, 2.05) is 100 Å². The average molecular weight is 577 g/mol. The number of carbonyl (C=O) groups excluding carboxylic acids is 1. The van der Waals surface area contributed by atoms with Gasteiger partial charge in [0.25, 0.3) is 0 Å². The van der Waals surface area contributed by atoms with Gasteiger partial charge in [0.05, 0.1) is 6.61 Å². The van der Waals surface area contributed by atoms with Crippen LogP contribution in [0.5, 0.6) is 11.5 Å². The number of unbranched alkanes of at least 4 members (excludes halogenated alkanes) is 5. The molecule has 0 aliphatic rings. The number of rotatable bonds is 17. The van der Waals surface area contributed by atoms with Crippen molar-refractivity contribution in [2.75, 3.05) is 13.2 Å². The Labute approximate surface area is 253 Å². The lowest BCUT2D eigenvalue weighted by atomic mass is 10.1. The number of benzene rings is 3. The van der Waals surface area contributed by atoms with Gasteiger partial charge in [0.1, 0.15) is 24.1 Å². The summed E-state index contributed by atoms with van der Waals surface area (Å²) in [5.41, 5.74) is 13.2. The molecule has 3 aromatic carbocycles. The first-order valence-corrected chi connectivity index (χ1v) is 15.4. The number of nitrogens with one attached hydrogen (secondary N) is 1. The fourth-order valence-corrected chi connectivity index (χ4v) is 4.04. The largest absolute Gasteiger partial charge is 0.494 e. The zero-order valence-corrected chi connectivity index (χ0v) is 26.1. The minimum absolute atomic E-state index is 0.0741. The van der Waals surface area contributed by atoms with Crippen LogP contribution in [0, 0.1) is 0 Å². The highest BCUT2D eigenvalue weighted by molar-refractivity contribution is 5.86. The maximum absolute atomic E-state index is 12.6. The molecule has 0 saturated heterocycles. The highest BCUT2D eigenvalue weighted by atomic mass is 16.5. The first-order chi connectivity index (χ1) is 20.6. The van der Waals surface area contributed by atoms with E-state index in [1.54, 1.807) is 0 Å². The molecule has 5 N–H and O–H groups in total. The molecule has 230 valence electrons. The van der Waals surface area contributed by atoms with Crippen LogP contribution in [0.25, 0.3) is 0 Å². The van der Waals surface area contributed by atoms with Crippen LogP contribution in [-0.4, -0.2) is 31.1 Å². The van der Waals surface area contributed by atoms with Gasteiger partial charge >= 0.3 is 0 Å². The van der Waals surface area contributed by atoms with Gasteiger partial charge in [-0.1, -0.05) is 114 Å². The molecular formula is C35H52N4O3. The number of amides is 1. The van der Waals surface area contributed by atoms with E-state index in [1.165, 1.54) is 0 Å². The third kappa shape index (κ3) is 16.3. The first-order valence-electron chi connectivity index (χ1n) is 15.4. The van der Waals surface area contributed by atoms with Crippen LogP contribution in [0.1, 0.15) is 77.3 Å². The number of aliphatic imine (C=N–C) groups is 1. The Morgan fingerprint density at radius 2 is 1.19 bits per heavy atom. The summed E-state index contributed by atoms with van der Waals surface area (Å²) >= 11 is 0. The molecule has 0 bridgehead atoms. The van der Waals surface area contributed by atoms with Gasteiger partial charge in [-0.15, -0.1) is 0 Å². The Hall–Kier alpha value is -4.00. The van der Waals surface area contributed by atoms with E-state index in [0.29, 0.717) is 26.2 Å². The third-order valence-corrected chi connectivity index (χ3v) is 6.09. The Bertz CT molecular complexity index is 1090. The van der Waals surface area contributed by atoms with Crippen LogP contribution in [-0.2, 0) is 17.8 Å². The number of carbonyl (C=O) groups is 1. The molecule has 7 heteroatoms. The summed E-state index contributed by atoms with van der Waals surface area (Å²) in [6, 6.07) is 27.0. The zero-order chi connectivity index (χ0) is 30.8. The molecule has 0 spiro atoms. The van der Waals surface area contributed by atoms with E-state index in [2.05, 4.69) is 22.4 Å². The van der Waals surface area contributed by atoms with E-state index >= 15 is 0 Å². The minimum Gasteiger partial charge on any atom is -0.494 e. The Balaban J connectivity index is 0.00000211. The van der Waals surface area contributed by atoms with Gasteiger partial charge in [0.15, 0.2) is 5.96 Å². The standard InChI is InChI=1S/C31H40N4O3.2C2H6/c32-31(33)35-29(23-25-13-7-5-8-14-25)30(36)34-21-11-3-1-2-4-12-22-37-27-17-19-28(20-18-27)38-24-26-15-9-6-10-16-26;2*1-2/h5-10,13-20,29H,1-4,11-12,21-24H2,(H,34,36)(H4,32,33,35);2*1-2H3. The monoisotopic (exact) mass is 576 g/mol. The summed E-state index contributed by atoms with van der Waals surface area (Å²) in [6.07, 6.45) is 6.88. The third-order valence-electron chi connectivity index (χ3n) is 6.09. The molecule has 1 unspecified atom stereocenters. The van der Waals surface area contributed by atoms with Crippen LogP contribution in [0.4, 0.5) is 0 Å². The molecule has 0 aliphatic carbocycles. The second-order valence-corrected chi connectivity index (χ2v) is 9.27. The average Bonchev–Trinajstić information content (AvgIpc) is 3.04. The Morgan fingerprint density at radius 1 is 0.690 bits per heavy atom. The molecule has 1 atom stereocenters. The molecular weight excluding hydrogens is 524 g/mol. The molecule has 0 saturated carbocycles. The molecule has 42 heavy (non-hydrogen) atoms. The van der Waals surface area contributed by atoms with Crippen molar-refractivity contribution in [1.82, 2.24) is 5.32 Å². The van der Waals surface area contributed by atoms with Crippen molar-refractivity contribution in [2.24, 2.45) is 16.5 Å². The molecule has 3 aromatic rings. The van der Waals surface area contributed by atoms with Crippen LogP contribution in [0.15, 0.2) is 89.9 Å². The number of guanidine groups is 1. The predicted octanol–water partition coefficient (Wildman–Crippen LogP) is 7.04. The molecule has 0 aliphatic heterocycles. The highest BCUT2D eigenvalue weighted by Crippen LogP contribution is 2.19. The van der Waals surface area contributed by atoms with Crippen molar-refractivity contribution in [1.29, 1.82) is 0 Å². The van der Waals surface area contributed by atoms with Gasteiger partial charge in [-0.05, 0) is 48.2 Å². The van der Waals surface area contributed by atoms with Crippen molar-refractivity contribution in [2.45, 2.75) is 85.3 Å². The van der Waals surface area contributed by atoms with E-state index < -0.39 is 6.04 Å². The van der Waals surface area contributed by atoms with E-state index in [0.717, 1.165) is 61.2 Å². The van der Waals surface area contributed by atoms with Gasteiger partial charge in [0, 0.05) is 13.0 Å². The van der Waals surface area contributed by atoms with Crippen molar-refractivity contribution in [3.8, 4) is 11.5 Å². The molecule has 1 amide bonds. The van der Waals surface area contributed by atoms with Crippen molar-refractivity contribution >= 4 is 11.9 Å². The normalized spacial score (nSPS) is 10.6. The minimum atomic E-state index is -0.611. The van der Waals surface area contributed by atoms with E-state index in [9.17, 15) is 4.79 Å². The van der Waals surface area contributed by atoms with Gasteiger partial charge in [0.2, 0.25) is 5.91 Å². The smallest absolute Gasteiger partial charge is 0.245 e. The van der Waals surface area contributed by atoms with Gasteiger partial charge in [-0.3, -0.25) is 4.79 Å². The second-order valence-electron chi connectivity index (χ2n) is 9.27. The topological polar surface area (TPSA) is 112 Å². The summed E-state index contributed by atoms with van der Waals surface area (Å²) in [4.78, 5) is 16.7. The molecule has 7 nitrogen and oxygen atoms in total. The fourth-order valence-electron chi connectivity index (χ4n) is 4.04. The van der Waals surface area contributed by atoms with Gasteiger partial charge < -0.3 is 26.3 Å². The van der Waals surface area contributed by atoms with Crippen LogP contribution in [0.3, 0.4) is 0 Å². The van der Waals surface area contributed by atoms with Crippen molar-refractivity contribution in [3.63, 3.8) is 0 Å². The first kappa shape index (κ1) is 36.0. The number of hydrogen-bond acceptors (Lipinski definition) is 4. The van der Waals surface area contributed by atoms with Gasteiger partial charge in [-0.2, -0.15) is 0 Å². The Kier molecular flexibility index (Phi) is 20.3. The predicted molar refractivity (Wildman–Crippen MR) is 176 cm³/mol. The van der Waals surface area contributed by atoms with Crippen LogP contribution >= 0.6 is 0 Å². The van der Waals surface area contributed by atoms with E-state index in [-0.39, 0.29) is 11.9 Å². The lowest BCUT2D eigenvalue weighted by molar-refractivity contribution is -0.122. The van der Waals surface area contributed by atoms with Crippen molar-refractivity contribution < 1.29 is 14.3 Å². The number of nitrogens with two attached hydrogens (primary N) is 2. The molecule has 0 fully saturated rings. The van der Waals surface area contributed by atoms with Crippen molar-refractivity contribution in [3.05, 3.63) is 96.1 Å². The SMILES string of the molecule is CC.CC.NC(N)=NC(Cc1ccccc1)C(=O)NCCCCCCCCOc1ccc(OCc2ccccc2)cc1. The van der Waals surface area contributed by atoms with Gasteiger partial charge in [-0.25, -0.2) is 4.99 Å². The fraction of sp³-hybridized carbons (Fsp3) is 0.429. The summed E-state index contributed by atoms with van der Waals surface area (Å²) < 4.78 is 11.7. The highest BCUT2D eigenvalue weighted by Gasteiger charge is 2.17. The number of hydrogen-bond donors (Lipinski definition) is 3. The second kappa shape index (κ2) is 23.7. The maximum Gasteiger partial charge on any atom is 0.245 e. The summed E-state index contributed by atoms with van der Waals surface area (Å²) in [6.45, 7) is 9.88. The number of nitrogens with zero attached hydrogens (tertiary/aromatic N) is 1. The summed E-state index contributed by atoms with van der Waals surface area (Å²) in [7, 11) is 0. The summed E-state index contributed by atoms with van der Waals surface area (Å²) in [5.74, 6) is 1.48. The van der Waals surface area contributed by atoms with Crippen LogP contribution in [0.2, 0.25) is 0 Å². The molecule has 0 heterocycles. The van der Waals surface area contributed by atoms with Crippen LogP contribution < -0.4 is 26.3 Å². The molecule has 0 radical (unpaired) electrons. The quantitative estimate of drug-likeness (QED) is 0.0907. The summed E-state index contributed by atoms with van der Waals surface area (Å²) in [5, 5.41) is 2.97. The van der Waals surface area contributed by atoms with E-state index in [4.69, 9.17) is 20.9 Å². The molecule has 3 rings (SSSR count). The lowest BCUT2D eigenvalue weighted by Gasteiger charge is -2.13. The maximum atomic E-state index is 12.6. The number of ether oxygens (including phenoxy) is 2. The Morgan fingerprint density at radius 3 is 1.76 bits per heavy atom.